The zero-order valence-electron chi connectivity index (χ0n) is 12.7. The molecule has 1 aliphatic heterocycles. The molecule has 0 saturated carbocycles. The number of ether oxygens (including phenoxy) is 2. The fraction of sp³-hybridized carbons (Fsp3) is 0.867. The Kier molecular flexibility index (Phi) is 8.26. The largest absolute Gasteiger partial charge is 0.516 e. The van der Waals surface area contributed by atoms with Gasteiger partial charge in [-0.2, -0.15) is 0 Å². The van der Waals surface area contributed by atoms with E-state index in [0.717, 1.165) is 51.5 Å². The molecule has 1 fully saturated rings. The van der Waals surface area contributed by atoms with E-state index >= 15 is 0 Å². The molecule has 0 radical (unpaired) electrons. The number of carbonyl (C=O) groups excluding carboxylic acids is 2. The first-order chi connectivity index (χ1) is 9.67. The van der Waals surface area contributed by atoms with Crippen molar-refractivity contribution in [3.05, 3.63) is 0 Å². The first-order valence-electron chi connectivity index (χ1n) is 7.79. The van der Waals surface area contributed by atoms with Crippen LogP contribution in [-0.2, 0) is 14.3 Å². The van der Waals surface area contributed by atoms with Gasteiger partial charge in [0.05, 0.1) is 12.5 Å². The van der Waals surface area contributed by atoms with Crippen LogP contribution in [0.4, 0.5) is 4.79 Å². The predicted molar refractivity (Wildman–Crippen MR) is 76.4 cm³/mol. The molecule has 5 heteroatoms. The molecule has 2 atom stereocenters. The molecule has 20 heavy (non-hydrogen) atoms. The lowest BCUT2D eigenvalue weighted by Crippen LogP contribution is -2.41. The van der Waals surface area contributed by atoms with Crippen LogP contribution in [0.1, 0.15) is 58.8 Å². The highest BCUT2D eigenvalue weighted by Gasteiger charge is 2.29. The van der Waals surface area contributed by atoms with E-state index in [1.807, 2.05) is 6.92 Å². The van der Waals surface area contributed by atoms with Gasteiger partial charge >= 0.3 is 12.1 Å². The Balaban J connectivity index is 2.29. The van der Waals surface area contributed by atoms with Gasteiger partial charge in [0, 0.05) is 6.04 Å². The average Bonchev–Trinajstić information content (AvgIpc) is 2.45. The predicted octanol–water partition coefficient (Wildman–Crippen LogP) is 3.02. The zero-order chi connectivity index (χ0) is 14.8. The summed E-state index contributed by atoms with van der Waals surface area (Å²) >= 11 is 0. The molecule has 0 bridgehead atoms. The molecule has 0 amide bonds. The number of hydrogen-bond acceptors (Lipinski definition) is 5. The summed E-state index contributed by atoms with van der Waals surface area (Å²) in [4.78, 5) is 23.3. The van der Waals surface area contributed by atoms with Gasteiger partial charge in [0.25, 0.3) is 0 Å². The lowest BCUT2D eigenvalue weighted by atomic mass is 9.90. The third-order valence-corrected chi connectivity index (χ3v) is 3.64. The summed E-state index contributed by atoms with van der Waals surface area (Å²) in [6.07, 6.45) is 5.72. The van der Waals surface area contributed by atoms with Crippen LogP contribution in [0, 0.1) is 5.92 Å². The summed E-state index contributed by atoms with van der Waals surface area (Å²) in [5.74, 6) is -0.619. The normalized spacial score (nSPS) is 22.3. The van der Waals surface area contributed by atoms with Crippen LogP contribution in [0.15, 0.2) is 0 Å². The average molecular weight is 285 g/mol. The van der Waals surface area contributed by atoms with Gasteiger partial charge in [-0.1, -0.05) is 33.1 Å². The summed E-state index contributed by atoms with van der Waals surface area (Å²) in [6.45, 7) is 5.28. The highest BCUT2D eigenvalue weighted by Crippen LogP contribution is 2.21. The lowest BCUT2D eigenvalue weighted by molar-refractivity contribution is -0.145. The molecule has 0 aromatic heterocycles. The molecule has 2 unspecified atom stereocenters. The topological polar surface area (TPSA) is 64.6 Å². The fourth-order valence-corrected chi connectivity index (χ4v) is 2.39. The van der Waals surface area contributed by atoms with Crippen molar-refractivity contribution in [2.75, 3.05) is 13.2 Å². The Morgan fingerprint density at radius 2 is 1.95 bits per heavy atom. The molecular weight excluding hydrogens is 258 g/mol. The minimum atomic E-state index is -0.855. The highest BCUT2D eigenvalue weighted by atomic mass is 16.7. The van der Waals surface area contributed by atoms with Crippen LogP contribution >= 0.6 is 0 Å². The number of hydrogen-bond donors (Lipinski definition) is 1. The molecule has 0 spiro atoms. The minimum absolute atomic E-state index is 0.183. The van der Waals surface area contributed by atoms with E-state index in [2.05, 4.69) is 12.2 Å². The number of carbonyl (C=O) groups is 2. The minimum Gasteiger partial charge on any atom is -0.434 e. The van der Waals surface area contributed by atoms with Crippen LogP contribution < -0.4 is 5.32 Å². The van der Waals surface area contributed by atoms with Crippen molar-refractivity contribution in [2.45, 2.75) is 64.8 Å². The first-order valence-corrected chi connectivity index (χ1v) is 7.79. The van der Waals surface area contributed by atoms with Gasteiger partial charge in [0.15, 0.2) is 0 Å². The van der Waals surface area contributed by atoms with Gasteiger partial charge in [0.2, 0.25) is 0 Å². The maximum absolute atomic E-state index is 11.9. The van der Waals surface area contributed by atoms with Crippen molar-refractivity contribution >= 4 is 12.1 Å². The Morgan fingerprint density at radius 3 is 2.65 bits per heavy atom. The monoisotopic (exact) mass is 285 g/mol. The summed E-state index contributed by atoms with van der Waals surface area (Å²) in [5.41, 5.74) is 0. The summed E-state index contributed by atoms with van der Waals surface area (Å²) in [5, 5.41) is 3.41. The number of rotatable bonds is 7. The van der Waals surface area contributed by atoms with Crippen LogP contribution in [0.3, 0.4) is 0 Å². The number of esters is 1. The lowest BCUT2D eigenvalue weighted by Gasteiger charge is -2.28. The van der Waals surface area contributed by atoms with Crippen LogP contribution in [0.2, 0.25) is 0 Å². The Morgan fingerprint density at radius 1 is 1.20 bits per heavy atom. The smallest absolute Gasteiger partial charge is 0.434 e. The maximum atomic E-state index is 11.9. The molecule has 116 valence electrons. The summed E-state index contributed by atoms with van der Waals surface area (Å²) in [7, 11) is 0. The van der Waals surface area contributed by atoms with E-state index in [-0.39, 0.29) is 5.92 Å². The van der Waals surface area contributed by atoms with Crippen LogP contribution in [0.25, 0.3) is 0 Å². The van der Waals surface area contributed by atoms with Gasteiger partial charge < -0.3 is 14.8 Å². The van der Waals surface area contributed by atoms with E-state index < -0.39 is 12.1 Å². The van der Waals surface area contributed by atoms with Crippen molar-refractivity contribution in [3.8, 4) is 0 Å². The summed E-state index contributed by atoms with van der Waals surface area (Å²) in [6, 6.07) is 0.359. The molecule has 1 N–H and O–H groups in total. The zero-order valence-corrected chi connectivity index (χ0v) is 12.7. The van der Waals surface area contributed by atoms with Crippen molar-refractivity contribution < 1.29 is 19.1 Å². The van der Waals surface area contributed by atoms with Crippen molar-refractivity contribution in [1.82, 2.24) is 5.32 Å². The second-order valence-corrected chi connectivity index (χ2v) is 5.39. The third-order valence-electron chi connectivity index (χ3n) is 3.64. The van der Waals surface area contributed by atoms with E-state index in [1.54, 1.807) is 0 Å². The van der Waals surface area contributed by atoms with Gasteiger partial charge in [-0.3, -0.25) is 4.79 Å². The maximum Gasteiger partial charge on any atom is 0.516 e. The van der Waals surface area contributed by atoms with Gasteiger partial charge in [-0.25, -0.2) is 4.79 Å². The standard InChI is InChI=1S/C15H27NO4/c1-3-5-7-13-11-12(8-9-16-13)14(17)20-15(18)19-10-6-4-2/h12-13,16H,3-11H2,1-2H3. The molecule has 1 saturated heterocycles. The van der Waals surface area contributed by atoms with Crippen molar-refractivity contribution in [3.63, 3.8) is 0 Å². The molecule has 1 heterocycles. The Hall–Kier alpha value is -1.10. The molecule has 5 nitrogen and oxygen atoms in total. The first kappa shape index (κ1) is 17.0. The summed E-state index contributed by atoms with van der Waals surface area (Å²) < 4.78 is 9.60. The third kappa shape index (κ3) is 6.37. The quantitative estimate of drug-likeness (QED) is 0.442. The van der Waals surface area contributed by atoms with Gasteiger partial charge in [-0.15, -0.1) is 0 Å². The SMILES string of the molecule is CCCCOC(=O)OC(=O)C1CCNC(CCCC)C1. The molecule has 0 aromatic rings. The Labute approximate surface area is 121 Å². The number of unbranched alkanes of at least 4 members (excludes halogenated alkanes) is 2. The molecule has 0 aromatic carbocycles. The fourth-order valence-electron chi connectivity index (χ4n) is 2.39. The van der Waals surface area contributed by atoms with Gasteiger partial charge in [0.1, 0.15) is 0 Å². The second-order valence-electron chi connectivity index (χ2n) is 5.39. The van der Waals surface area contributed by atoms with E-state index in [1.165, 1.54) is 0 Å². The molecule has 1 aliphatic rings. The molecule has 0 aliphatic carbocycles. The van der Waals surface area contributed by atoms with Crippen molar-refractivity contribution in [1.29, 1.82) is 0 Å². The van der Waals surface area contributed by atoms with Gasteiger partial charge in [-0.05, 0) is 32.2 Å². The Bertz CT molecular complexity index is 306. The second kappa shape index (κ2) is 9.75. The van der Waals surface area contributed by atoms with E-state index in [4.69, 9.17) is 9.47 Å². The van der Waals surface area contributed by atoms with Crippen molar-refractivity contribution in [2.24, 2.45) is 5.92 Å². The molecular formula is C15H27NO4. The highest BCUT2D eigenvalue weighted by molar-refractivity contribution is 5.83. The van der Waals surface area contributed by atoms with Crippen LogP contribution in [0.5, 0.6) is 0 Å². The van der Waals surface area contributed by atoms with E-state index in [0.29, 0.717) is 12.6 Å². The van der Waals surface area contributed by atoms with Crippen LogP contribution in [-0.4, -0.2) is 31.3 Å². The van der Waals surface area contributed by atoms with E-state index in [9.17, 15) is 9.59 Å². The molecule has 1 rings (SSSR count). The number of piperidine rings is 1. The number of nitrogens with one attached hydrogen (secondary N) is 1.